The van der Waals surface area contributed by atoms with E-state index in [0.717, 1.165) is 36.4 Å². The number of ether oxygens (including phenoxy) is 1. The highest BCUT2D eigenvalue weighted by molar-refractivity contribution is 7.99. The van der Waals surface area contributed by atoms with E-state index in [0.29, 0.717) is 23.1 Å². The Labute approximate surface area is 172 Å². The van der Waals surface area contributed by atoms with Crippen LogP contribution >= 0.6 is 11.8 Å². The molecule has 1 aliphatic heterocycles. The molecule has 3 aromatic heterocycles. The van der Waals surface area contributed by atoms with Crippen molar-refractivity contribution in [1.82, 2.24) is 19.2 Å². The van der Waals surface area contributed by atoms with Gasteiger partial charge >= 0.3 is 0 Å². The predicted octanol–water partition coefficient (Wildman–Crippen LogP) is 2.93. The molecule has 4 rings (SSSR count). The first-order chi connectivity index (χ1) is 14.1. The Kier molecular flexibility index (Phi) is 5.56. The van der Waals surface area contributed by atoms with Gasteiger partial charge in [0.1, 0.15) is 11.9 Å². The number of hydrogen-bond acceptors (Lipinski definition) is 6. The summed E-state index contributed by atoms with van der Waals surface area (Å²) in [7, 11) is 0. The van der Waals surface area contributed by atoms with E-state index in [2.05, 4.69) is 21.6 Å². The standard InChI is InChI=1S/C20H22N6O2S/c1-13-14(2)26(11-15-6-5-9-28-15)19(16(13)10-21)22-18(27)12-29-20-24-23-17-7-3-4-8-25(17)20/h3-4,7-8,15H,5-6,9,11-12H2,1-2H3,(H,22,27)/t15-/m1/s1. The maximum atomic E-state index is 12.7. The highest BCUT2D eigenvalue weighted by Gasteiger charge is 2.24. The van der Waals surface area contributed by atoms with E-state index in [-0.39, 0.29) is 17.8 Å². The minimum atomic E-state index is -0.190. The second kappa shape index (κ2) is 8.27. The third-order valence-corrected chi connectivity index (χ3v) is 6.17. The number of nitriles is 1. The number of hydrogen-bond donors (Lipinski definition) is 1. The zero-order valence-corrected chi connectivity index (χ0v) is 17.2. The van der Waals surface area contributed by atoms with Crippen LogP contribution in [-0.4, -0.2) is 43.5 Å². The second-order valence-electron chi connectivity index (χ2n) is 7.04. The van der Waals surface area contributed by atoms with Crippen LogP contribution in [0.15, 0.2) is 29.6 Å². The van der Waals surface area contributed by atoms with E-state index in [1.165, 1.54) is 11.8 Å². The Morgan fingerprint density at radius 3 is 3.03 bits per heavy atom. The van der Waals surface area contributed by atoms with Gasteiger partial charge in [-0.2, -0.15) is 5.26 Å². The molecule has 1 saturated heterocycles. The number of amides is 1. The van der Waals surface area contributed by atoms with E-state index in [1.54, 1.807) is 0 Å². The smallest absolute Gasteiger partial charge is 0.235 e. The van der Waals surface area contributed by atoms with Gasteiger partial charge < -0.3 is 14.6 Å². The van der Waals surface area contributed by atoms with Gasteiger partial charge in [-0.3, -0.25) is 9.20 Å². The number of nitrogens with zero attached hydrogens (tertiary/aromatic N) is 5. The first kappa shape index (κ1) is 19.5. The Morgan fingerprint density at radius 2 is 2.28 bits per heavy atom. The number of rotatable bonds is 6. The van der Waals surface area contributed by atoms with Crippen molar-refractivity contribution in [3.63, 3.8) is 0 Å². The van der Waals surface area contributed by atoms with Gasteiger partial charge in [0.05, 0.1) is 24.0 Å². The number of thioether (sulfide) groups is 1. The molecule has 1 fully saturated rings. The quantitative estimate of drug-likeness (QED) is 0.628. The van der Waals surface area contributed by atoms with Crippen molar-refractivity contribution in [2.75, 3.05) is 17.7 Å². The van der Waals surface area contributed by atoms with Gasteiger partial charge in [-0.05, 0) is 44.4 Å². The number of aromatic nitrogens is 4. The summed E-state index contributed by atoms with van der Waals surface area (Å²) in [6, 6.07) is 7.88. The molecule has 0 unspecified atom stereocenters. The van der Waals surface area contributed by atoms with Gasteiger partial charge in [-0.25, -0.2) is 0 Å². The van der Waals surface area contributed by atoms with Crippen LogP contribution in [0.2, 0.25) is 0 Å². The first-order valence-corrected chi connectivity index (χ1v) is 10.5. The van der Waals surface area contributed by atoms with Crippen LogP contribution in [0.4, 0.5) is 5.82 Å². The maximum Gasteiger partial charge on any atom is 0.235 e. The fourth-order valence-electron chi connectivity index (χ4n) is 3.57. The van der Waals surface area contributed by atoms with Crippen molar-refractivity contribution >= 4 is 29.1 Å². The normalized spacial score (nSPS) is 16.2. The third-order valence-electron chi connectivity index (χ3n) is 5.22. The number of carbonyl (C=O) groups is 1. The third kappa shape index (κ3) is 3.86. The summed E-state index contributed by atoms with van der Waals surface area (Å²) in [6.07, 6.45) is 4.00. The molecule has 0 aromatic carbocycles. The SMILES string of the molecule is Cc1c(C#N)c(NC(=O)CSc2nnc3ccccn23)n(C[C@H]2CCCO2)c1C. The number of carbonyl (C=O) groups excluding carboxylic acids is 1. The lowest BCUT2D eigenvalue weighted by Gasteiger charge is -2.16. The lowest BCUT2D eigenvalue weighted by atomic mass is 10.2. The van der Waals surface area contributed by atoms with Gasteiger partial charge in [0.15, 0.2) is 10.8 Å². The first-order valence-electron chi connectivity index (χ1n) is 9.52. The van der Waals surface area contributed by atoms with Crippen LogP contribution in [-0.2, 0) is 16.1 Å². The van der Waals surface area contributed by atoms with E-state index in [4.69, 9.17) is 4.74 Å². The Hall–Kier alpha value is -2.83. The zero-order valence-electron chi connectivity index (χ0n) is 16.4. The maximum absolute atomic E-state index is 12.7. The van der Waals surface area contributed by atoms with E-state index >= 15 is 0 Å². The van der Waals surface area contributed by atoms with Crippen molar-refractivity contribution in [2.45, 2.75) is 44.5 Å². The number of fused-ring (bicyclic) bond motifs is 1. The minimum absolute atomic E-state index is 0.111. The van der Waals surface area contributed by atoms with Crippen LogP contribution in [0.5, 0.6) is 0 Å². The molecule has 29 heavy (non-hydrogen) atoms. The van der Waals surface area contributed by atoms with Gasteiger partial charge in [0.25, 0.3) is 0 Å². The molecule has 1 N–H and O–H groups in total. The number of nitrogens with one attached hydrogen (secondary N) is 1. The molecular weight excluding hydrogens is 388 g/mol. The monoisotopic (exact) mass is 410 g/mol. The average Bonchev–Trinajstić information content (AvgIpc) is 3.43. The van der Waals surface area contributed by atoms with Gasteiger partial charge in [0.2, 0.25) is 5.91 Å². The highest BCUT2D eigenvalue weighted by atomic mass is 32.2. The summed E-state index contributed by atoms with van der Waals surface area (Å²) >= 11 is 1.31. The lowest BCUT2D eigenvalue weighted by Crippen LogP contribution is -2.22. The summed E-state index contributed by atoms with van der Waals surface area (Å²) in [5.41, 5.74) is 3.10. The van der Waals surface area contributed by atoms with Gasteiger partial charge in [0, 0.05) is 18.5 Å². The molecule has 0 bridgehead atoms. The molecule has 9 heteroatoms. The minimum Gasteiger partial charge on any atom is -0.376 e. The molecular formula is C20H22N6O2S. The van der Waals surface area contributed by atoms with Crippen LogP contribution in [0.3, 0.4) is 0 Å². The topological polar surface area (TPSA) is 97.2 Å². The lowest BCUT2D eigenvalue weighted by molar-refractivity contribution is -0.113. The Morgan fingerprint density at radius 1 is 1.41 bits per heavy atom. The molecule has 150 valence electrons. The average molecular weight is 411 g/mol. The molecule has 1 atom stereocenters. The van der Waals surface area contributed by atoms with E-state index in [1.807, 2.05) is 47.2 Å². The highest BCUT2D eigenvalue weighted by Crippen LogP contribution is 2.29. The van der Waals surface area contributed by atoms with Crippen molar-refractivity contribution < 1.29 is 9.53 Å². The fourth-order valence-corrected chi connectivity index (χ4v) is 4.29. The van der Waals surface area contributed by atoms with Gasteiger partial charge in [-0.1, -0.05) is 17.8 Å². The van der Waals surface area contributed by atoms with Crippen molar-refractivity contribution in [3.05, 3.63) is 41.2 Å². The molecule has 0 spiro atoms. The van der Waals surface area contributed by atoms with Crippen molar-refractivity contribution in [1.29, 1.82) is 5.26 Å². The number of anilines is 1. The Bertz CT molecular complexity index is 1090. The summed E-state index contributed by atoms with van der Waals surface area (Å²) < 4.78 is 9.59. The summed E-state index contributed by atoms with van der Waals surface area (Å²) in [5, 5.41) is 21.5. The summed E-state index contributed by atoms with van der Waals surface area (Å²) in [4.78, 5) is 12.7. The number of pyridine rings is 1. The second-order valence-corrected chi connectivity index (χ2v) is 7.98. The van der Waals surface area contributed by atoms with Gasteiger partial charge in [-0.15, -0.1) is 10.2 Å². The van der Waals surface area contributed by atoms with Crippen molar-refractivity contribution in [2.24, 2.45) is 0 Å². The molecule has 1 aliphatic rings. The van der Waals surface area contributed by atoms with E-state index in [9.17, 15) is 10.1 Å². The fraction of sp³-hybridized carbons (Fsp3) is 0.400. The Balaban J connectivity index is 1.51. The summed E-state index contributed by atoms with van der Waals surface area (Å²) in [5.74, 6) is 0.531. The molecule has 1 amide bonds. The van der Waals surface area contributed by atoms with Crippen LogP contribution in [0.25, 0.3) is 5.65 Å². The molecule has 0 aliphatic carbocycles. The molecule has 0 radical (unpaired) electrons. The van der Waals surface area contributed by atoms with Crippen LogP contribution in [0, 0.1) is 25.2 Å². The zero-order chi connectivity index (χ0) is 20.4. The molecule has 0 saturated carbocycles. The predicted molar refractivity (Wildman–Crippen MR) is 110 cm³/mol. The molecule has 3 aromatic rings. The molecule has 4 heterocycles. The van der Waals surface area contributed by atoms with Crippen molar-refractivity contribution in [3.8, 4) is 6.07 Å². The van der Waals surface area contributed by atoms with Crippen LogP contribution in [0.1, 0.15) is 29.7 Å². The largest absolute Gasteiger partial charge is 0.376 e. The van der Waals surface area contributed by atoms with Crippen LogP contribution < -0.4 is 5.32 Å². The summed E-state index contributed by atoms with van der Waals surface area (Å²) in [6.45, 7) is 5.27. The van der Waals surface area contributed by atoms with E-state index < -0.39 is 0 Å². The molecule has 8 nitrogen and oxygen atoms in total.